The van der Waals surface area contributed by atoms with Crippen LogP contribution in [-0.4, -0.2) is 39.6 Å². The van der Waals surface area contributed by atoms with Crippen LogP contribution < -0.4 is 0 Å². The summed E-state index contributed by atoms with van der Waals surface area (Å²) in [7, 11) is 0. The van der Waals surface area contributed by atoms with Crippen LogP contribution in [0.4, 0.5) is 0 Å². The number of nitrogens with one attached hydrogen (secondary N) is 1. The lowest BCUT2D eigenvalue weighted by molar-refractivity contribution is -0.131. The monoisotopic (exact) mass is 329 g/mol. The molecule has 0 unspecified atom stereocenters. The fraction of sp³-hybridized carbons (Fsp3) is 0.556. The molecule has 1 saturated carbocycles. The van der Waals surface area contributed by atoms with Crippen molar-refractivity contribution in [3.8, 4) is 0 Å². The van der Waals surface area contributed by atoms with Gasteiger partial charge in [-0.2, -0.15) is 0 Å². The van der Waals surface area contributed by atoms with Crippen molar-refractivity contribution in [3.63, 3.8) is 0 Å². The van der Waals surface area contributed by atoms with Gasteiger partial charge in [0, 0.05) is 13.1 Å². The lowest BCUT2D eigenvalue weighted by Crippen LogP contribution is -2.45. The van der Waals surface area contributed by atoms with Gasteiger partial charge in [-0.1, -0.05) is 43.2 Å². The van der Waals surface area contributed by atoms with E-state index in [1.165, 1.54) is 43.9 Å². The van der Waals surface area contributed by atoms with Crippen molar-refractivity contribution in [1.82, 2.24) is 14.9 Å². The minimum atomic E-state index is 0.263. The standard InChI is InChI=1S/C18H23N3OS/c22-17(21-10-9-13-5-1-2-6-14(13)11-21)12-23-18-19-15-7-3-4-8-16(15)20-18/h3-4,7-8,13-14H,1-2,5-6,9-12H2,(H,19,20)/t13-,14-/m1/s1. The van der Waals surface area contributed by atoms with Crippen molar-refractivity contribution in [2.75, 3.05) is 18.8 Å². The highest BCUT2D eigenvalue weighted by atomic mass is 32.2. The molecule has 2 fully saturated rings. The first-order chi connectivity index (χ1) is 11.3. The second-order valence-electron chi connectivity index (χ2n) is 6.78. The van der Waals surface area contributed by atoms with Gasteiger partial charge in [-0.3, -0.25) is 4.79 Å². The van der Waals surface area contributed by atoms with Gasteiger partial charge in [-0.15, -0.1) is 0 Å². The minimum Gasteiger partial charge on any atom is -0.342 e. The molecule has 2 aliphatic rings. The van der Waals surface area contributed by atoms with Gasteiger partial charge in [-0.25, -0.2) is 4.98 Å². The number of fused-ring (bicyclic) bond motifs is 2. The predicted molar refractivity (Wildman–Crippen MR) is 93.5 cm³/mol. The van der Waals surface area contributed by atoms with Gasteiger partial charge in [0.1, 0.15) is 0 Å². The first-order valence-electron chi connectivity index (χ1n) is 8.65. The summed E-state index contributed by atoms with van der Waals surface area (Å²) in [5, 5.41) is 0.840. The normalized spacial score (nSPS) is 24.6. The number of amides is 1. The maximum atomic E-state index is 12.5. The minimum absolute atomic E-state index is 0.263. The number of thioether (sulfide) groups is 1. The van der Waals surface area contributed by atoms with Crippen LogP contribution in [-0.2, 0) is 4.79 Å². The number of aromatic nitrogens is 2. The van der Waals surface area contributed by atoms with Gasteiger partial charge in [0.25, 0.3) is 0 Å². The molecule has 0 radical (unpaired) electrons. The second kappa shape index (κ2) is 6.56. The number of para-hydroxylation sites is 2. The molecular weight excluding hydrogens is 306 g/mol. The SMILES string of the molecule is O=C(CSc1nc2ccccc2[nH]1)N1CC[C@H]2CCCC[C@@H]2C1. The third-order valence-electron chi connectivity index (χ3n) is 5.34. The van der Waals surface area contributed by atoms with Crippen molar-refractivity contribution >= 4 is 28.7 Å². The highest BCUT2D eigenvalue weighted by molar-refractivity contribution is 7.99. The van der Waals surface area contributed by atoms with Crippen LogP contribution in [0.3, 0.4) is 0 Å². The molecule has 4 nitrogen and oxygen atoms in total. The van der Waals surface area contributed by atoms with Crippen LogP contribution in [0.2, 0.25) is 0 Å². The van der Waals surface area contributed by atoms with Crippen LogP contribution in [0.15, 0.2) is 29.4 Å². The molecular formula is C18H23N3OS. The third-order valence-corrected chi connectivity index (χ3v) is 6.20. The van der Waals surface area contributed by atoms with Gasteiger partial charge in [0.05, 0.1) is 16.8 Å². The molecule has 5 heteroatoms. The highest BCUT2D eigenvalue weighted by Gasteiger charge is 2.32. The summed E-state index contributed by atoms with van der Waals surface area (Å²) in [4.78, 5) is 22.4. The molecule has 2 atom stereocenters. The predicted octanol–water partition coefficient (Wildman–Crippen LogP) is 3.69. The Bertz CT molecular complexity index is 665. The Morgan fingerprint density at radius 1 is 1.22 bits per heavy atom. The number of aromatic amines is 1. The number of carbonyl (C=O) groups excluding carboxylic acids is 1. The van der Waals surface area contributed by atoms with Crippen molar-refractivity contribution < 1.29 is 4.79 Å². The Kier molecular flexibility index (Phi) is 4.29. The van der Waals surface area contributed by atoms with Gasteiger partial charge >= 0.3 is 0 Å². The van der Waals surface area contributed by atoms with E-state index < -0.39 is 0 Å². The summed E-state index contributed by atoms with van der Waals surface area (Å²) in [6.07, 6.45) is 6.62. The van der Waals surface area contributed by atoms with E-state index in [2.05, 4.69) is 14.9 Å². The van der Waals surface area contributed by atoms with Crippen LogP contribution in [0.25, 0.3) is 11.0 Å². The maximum absolute atomic E-state index is 12.5. The van der Waals surface area contributed by atoms with E-state index in [0.717, 1.165) is 41.1 Å². The first kappa shape index (κ1) is 15.1. The van der Waals surface area contributed by atoms with Gasteiger partial charge in [-0.05, 0) is 36.8 Å². The van der Waals surface area contributed by atoms with E-state index in [1.54, 1.807) is 0 Å². The molecule has 1 aromatic carbocycles. The maximum Gasteiger partial charge on any atom is 0.233 e. The van der Waals surface area contributed by atoms with Gasteiger partial charge in [0.15, 0.2) is 5.16 Å². The Morgan fingerprint density at radius 3 is 2.91 bits per heavy atom. The Morgan fingerprint density at radius 2 is 2.04 bits per heavy atom. The number of H-pyrrole nitrogens is 1. The number of imidazole rings is 1. The third kappa shape index (κ3) is 3.25. The molecule has 0 spiro atoms. The zero-order chi connectivity index (χ0) is 15.6. The summed E-state index contributed by atoms with van der Waals surface area (Å²) >= 11 is 1.52. The average Bonchev–Trinajstić information content (AvgIpc) is 3.02. The molecule has 1 aromatic heterocycles. The smallest absolute Gasteiger partial charge is 0.233 e. The van der Waals surface area contributed by atoms with Crippen LogP contribution in [0.1, 0.15) is 32.1 Å². The zero-order valence-electron chi connectivity index (χ0n) is 13.3. The quantitative estimate of drug-likeness (QED) is 0.874. The summed E-state index contributed by atoms with van der Waals surface area (Å²) in [6.45, 7) is 1.92. The van der Waals surface area contributed by atoms with Gasteiger partial charge < -0.3 is 9.88 Å². The zero-order valence-corrected chi connectivity index (χ0v) is 14.1. The van der Waals surface area contributed by atoms with E-state index in [9.17, 15) is 4.79 Å². The molecule has 1 N–H and O–H groups in total. The van der Waals surface area contributed by atoms with E-state index in [1.807, 2.05) is 24.3 Å². The Labute approximate surface area is 141 Å². The number of hydrogen-bond acceptors (Lipinski definition) is 3. The molecule has 1 aliphatic carbocycles. The first-order valence-corrected chi connectivity index (χ1v) is 9.63. The van der Waals surface area contributed by atoms with E-state index >= 15 is 0 Å². The second-order valence-corrected chi connectivity index (χ2v) is 7.74. The molecule has 1 saturated heterocycles. The van der Waals surface area contributed by atoms with E-state index in [4.69, 9.17) is 0 Å². The number of piperidine rings is 1. The lowest BCUT2D eigenvalue weighted by atomic mass is 9.75. The average molecular weight is 329 g/mol. The highest BCUT2D eigenvalue weighted by Crippen LogP contribution is 2.36. The topological polar surface area (TPSA) is 49.0 Å². The summed E-state index contributed by atoms with van der Waals surface area (Å²) < 4.78 is 0. The Hall–Kier alpha value is -1.49. The molecule has 2 aromatic rings. The number of hydrogen-bond donors (Lipinski definition) is 1. The van der Waals surface area contributed by atoms with Gasteiger partial charge in [0.2, 0.25) is 5.91 Å². The number of rotatable bonds is 3. The lowest BCUT2D eigenvalue weighted by Gasteiger charge is -2.41. The van der Waals surface area contributed by atoms with Crippen molar-refractivity contribution in [1.29, 1.82) is 0 Å². The summed E-state index contributed by atoms with van der Waals surface area (Å²) in [5.41, 5.74) is 2.00. The molecule has 1 amide bonds. The number of nitrogens with zero attached hydrogens (tertiary/aromatic N) is 2. The van der Waals surface area contributed by atoms with E-state index in [-0.39, 0.29) is 5.91 Å². The number of likely N-dealkylation sites (tertiary alicyclic amines) is 1. The molecule has 0 bridgehead atoms. The largest absolute Gasteiger partial charge is 0.342 e. The Balaban J connectivity index is 1.34. The van der Waals surface area contributed by atoms with Crippen molar-refractivity contribution in [2.45, 2.75) is 37.3 Å². The van der Waals surface area contributed by atoms with Crippen molar-refractivity contribution in [2.24, 2.45) is 11.8 Å². The molecule has 2 heterocycles. The van der Waals surface area contributed by atoms with Crippen LogP contribution in [0, 0.1) is 11.8 Å². The van der Waals surface area contributed by atoms with E-state index in [0.29, 0.717) is 5.75 Å². The fourth-order valence-electron chi connectivity index (χ4n) is 4.05. The summed E-state index contributed by atoms with van der Waals surface area (Å²) in [5.74, 6) is 2.37. The number of carbonyl (C=O) groups is 1. The molecule has 122 valence electrons. The summed E-state index contributed by atoms with van der Waals surface area (Å²) in [6, 6.07) is 7.99. The van der Waals surface area contributed by atoms with Crippen molar-refractivity contribution in [3.05, 3.63) is 24.3 Å². The molecule has 4 rings (SSSR count). The number of benzene rings is 1. The van der Waals surface area contributed by atoms with Crippen LogP contribution >= 0.6 is 11.8 Å². The molecule has 1 aliphatic heterocycles. The molecule has 23 heavy (non-hydrogen) atoms. The fourth-order valence-corrected chi connectivity index (χ4v) is 4.83. The van der Waals surface area contributed by atoms with Crippen LogP contribution in [0.5, 0.6) is 0 Å².